The first-order valence-corrected chi connectivity index (χ1v) is 6.15. The lowest BCUT2D eigenvalue weighted by molar-refractivity contribution is -0.0163. The van der Waals surface area contributed by atoms with Crippen molar-refractivity contribution >= 4 is 0 Å². The maximum Gasteiger partial charge on any atom is 0.0604 e. The SMILES string of the molecule is CCCCCCCOC1CC(NC)C1. The van der Waals surface area contributed by atoms with E-state index in [9.17, 15) is 0 Å². The van der Waals surface area contributed by atoms with Gasteiger partial charge in [0.15, 0.2) is 0 Å². The molecule has 0 aromatic carbocycles. The Morgan fingerprint density at radius 1 is 1.14 bits per heavy atom. The molecule has 1 saturated carbocycles. The van der Waals surface area contributed by atoms with Crippen molar-refractivity contribution in [2.75, 3.05) is 13.7 Å². The van der Waals surface area contributed by atoms with E-state index in [1.165, 1.54) is 44.9 Å². The zero-order valence-electron chi connectivity index (χ0n) is 9.72. The molecule has 1 fully saturated rings. The molecule has 1 rings (SSSR count). The summed E-state index contributed by atoms with van der Waals surface area (Å²) in [6, 6.07) is 0.722. The Kier molecular flexibility index (Phi) is 6.20. The van der Waals surface area contributed by atoms with Crippen LogP contribution in [0.15, 0.2) is 0 Å². The lowest BCUT2D eigenvalue weighted by atomic mass is 9.89. The predicted molar refractivity (Wildman–Crippen MR) is 60.6 cm³/mol. The lowest BCUT2D eigenvalue weighted by Gasteiger charge is -2.34. The molecule has 0 bridgehead atoms. The molecule has 14 heavy (non-hydrogen) atoms. The van der Waals surface area contributed by atoms with Gasteiger partial charge in [0, 0.05) is 12.6 Å². The van der Waals surface area contributed by atoms with Gasteiger partial charge in [-0.05, 0) is 26.3 Å². The van der Waals surface area contributed by atoms with Crippen molar-refractivity contribution in [2.45, 2.75) is 64.0 Å². The highest BCUT2D eigenvalue weighted by atomic mass is 16.5. The summed E-state index contributed by atoms with van der Waals surface area (Å²) in [4.78, 5) is 0. The quantitative estimate of drug-likeness (QED) is 0.607. The standard InChI is InChI=1S/C12H25NO/c1-3-4-5-6-7-8-14-12-9-11(10-12)13-2/h11-13H,3-10H2,1-2H3. The summed E-state index contributed by atoms with van der Waals surface area (Å²) in [5, 5.41) is 3.27. The van der Waals surface area contributed by atoms with Gasteiger partial charge in [0.1, 0.15) is 0 Å². The van der Waals surface area contributed by atoms with E-state index in [0.717, 1.165) is 12.6 Å². The van der Waals surface area contributed by atoms with E-state index in [4.69, 9.17) is 4.74 Å². The number of unbranched alkanes of at least 4 members (excludes halogenated alkanes) is 4. The summed E-state index contributed by atoms with van der Waals surface area (Å²) in [7, 11) is 2.03. The van der Waals surface area contributed by atoms with Gasteiger partial charge in [-0.2, -0.15) is 0 Å². The highest BCUT2D eigenvalue weighted by molar-refractivity contribution is 4.84. The number of hydrogen-bond acceptors (Lipinski definition) is 2. The van der Waals surface area contributed by atoms with Crippen LogP contribution in [0.3, 0.4) is 0 Å². The van der Waals surface area contributed by atoms with Gasteiger partial charge >= 0.3 is 0 Å². The largest absolute Gasteiger partial charge is 0.378 e. The molecule has 0 aliphatic heterocycles. The zero-order chi connectivity index (χ0) is 10.2. The molecular formula is C12H25NO. The van der Waals surface area contributed by atoms with Crippen LogP contribution < -0.4 is 5.32 Å². The van der Waals surface area contributed by atoms with Crippen LogP contribution in [-0.2, 0) is 4.74 Å². The molecule has 2 nitrogen and oxygen atoms in total. The summed E-state index contributed by atoms with van der Waals surface area (Å²) in [6.45, 7) is 3.23. The van der Waals surface area contributed by atoms with Gasteiger partial charge in [-0.1, -0.05) is 32.6 Å². The lowest BCUT2D eigenvalue weighted by Crippen LogP contribution is -2.43. The van der Waals surface area contributed by atoms with Crippen molar-refractivity contribution < 1.29 is 4.74 Å². The highest BCUT2D eigenvalue weighted by Gasteiger charge is 2.27. The van der Waals surface area contributed by atoms with Crippen LogP contribution >= 0.6 is 0 Å². The van der Waals surface area contributed by atoms with E-state index in [1.54, 1.807) is 0 Å². The third-order valence-corrected chi connectivity index (χ3v) is 3.10. The Hall–Kier alpha value is -0.0800. The van der Waals surface area contributed by atoms with E-state index < -0.39 is 0 Å². The fourth-order valence-corrected chi connectivity index (χ4v) is 1.89. The first-order chi connectivity index (χ1) is 6.86. The Morgan fingerprint density at radius 3 is 2.50 bits per heavy atom. The maximum absolute atomic E-state index is 5.75. The normalized spacial score (nSPS) is 26.1. The van der Waals surface area contributed by atoms with Gasteiger partial charge in [-0.25, -0.2) is 0 Å². The minimum absolute atomic E-state index is 0.554. The van der Waals surface area contributed by atoms with Gasteiger partial charge < -0.3 is 10.1 Å². The minimum atomic E-state index is 0.554. The number of nitrogens with one attached hydrogen (secondary N) is 1. The van der Waals surface area contributed by atoms with Crippen LogP contribution in [-0.4, -0.2) is 25.8 Å². The molecule has 0 radical (unpaired) electrons. The van der Waals surface area contributed by atoms with Crippen molar-refractivity contribution in [3.63, 3.8) is 0 Å². The smallest absolute Gasteiger partial charge is 0.0604 e. The fraction of sp³-hybridized carbons (Fsp3) is 1.00. The molecule has 0 unspecified atom stereocenters. The molecule has 2 heteroatoms. The molecule has 0 amide bonds. The minimum Gasteiger partial charge on any atom is -0.378 e. The maximum atomic E-state index is 5.75. The van der Waals surface area contributed by atoms with Gasteiger partial charge in [0.25, 0.3) is 0 Å². The van der Waals surface area contributed by atoms with E-state index in [0.29, 0.717) is 6.10 Å². The Morgan fingerprint density at radius 2 is 1.86 bits per heavy atom. The molecule has 0 spiro atoms. The average molecular weight is 199 g/mol. The van der Waals surface area contributed by atoms with E-state index in [-0.39, 0.29) is 0 Å². The first-order valence-electron chi connectivity index (χ1n) is 6.15. The Balaban J connectivity index is 1.77. The summed E-state index contributed by atoms with van der Waals surface area (Å²) >= 11 is 0. The molecule has 1 aliphatic rings. The summed E-state index contributed by atoms with van der Waals surface area (Å²) in [5.41, 5.74) is 0. The third-order valence-electron chi connectivity index (χ3n) is 3.10. The van der Waals surface area contributed by atoms with E-state index >= 15 is 0 Å². The molecule has 0 saturated heterocycles. The van der Waals surface area contributed by atoms with Crippen LogP contribution in [0, 0.1) is 0 Å². The van der Waals surface area contributed by atoms with Crippen LogP contribution in [0.5, 0.6) is 0 Å². The van der Waals surface area contributed by atoms with Crippen molar-refractivity contribution in [1.82, 2.24) is 5.32 Å². The molecule has 0 aromatic rings. The highest BCUT2D eigenvalue weighted by Crippen LogP contribution is 2.23. The average Bonchev–Trinajstić information content (AvgIpc) is 2.14. The second kappa shape index (κ2) is 7.24. The summed E-state index contributed by atoms with van der Waals surface area (Å²) in [6.07, 6.45) is 9.66. The number of hydrogen-bond donors (Lipinski definition) is 1. The topological polar surface area (TPSA) is 21.3 Å². The third kappa shape index (κ3) is 4.43. The van der Waals surface area contributed by atoms with Crippen LogP contribution in [0.1, 0.15) is 51.9 Å². The van der Waals surface area contributed by atoms with Gasteiger partial charge in [-0.15, -0.1) is 0 Å². The molecular weight excluding hydrogens is 174 g/mol. The molecule has 1 N–H and O–H groups in total. The summed E-state index contributed by atoms with van der Waals surface area (Å²) in [5.74, 6) is 0. The van der Waals surface area contributed by atoms with E-state index in [1.807, 2.05) is 7.05 Å². The van der Waals surface area contributed by atoms with Gasteiger partial charge in [-0.3, -0.25) is 0 Å². The monoisotopic (exact) mass is 199 g/mol. The molecule has 1 aliphatic carbocycles. The van der Waals surface area contributed by atoms with Crippen molar-refractivity contribution in [2.24, 2.45) is 0 Å². The van der Waals surface area contributed by atoms with Crippen molar-refractivity contribution in [1.29, 1.82) is 0 Å². The molecule has 0 atom stereocenters. The zero-order valence-corrected chi connectivity index (χ0v) is 9.72. The molecule has 0 heterocycles. The van der Waals surface area contributed by atoms with Crippen LogP contribution in [0.2, 0.25) is 0 Å². The fourth-order valence-electron chi connectivity index (χ4n) is 1.89. The number of rotatable bonds is 8. The number of ether oxygens (including phenoxy) is 1. The molecule has 84 valence electrons. The Labute approximate surface area is 88.4 Å². The second-order valence-electron chi connectivity index (χ2n) is 4.36. The van der Waals surface area contributed by atoms with Crippen molar-refractivity contribution in [3.8, 4) is 0 Å². The summed E-state index contributed by atoms with van der Waals surface area (Å²) < 4.78 is 5.75. The van der Waals surface area contributed by atoms with Crippen LogP contribution in [0.4, 0.5) is 0 Å². The van der Waals surface area contributed by atoms with Crippen molar-refractivity contribution in [3.05, 3.63) is 0 Å². The van der Waals surface area contributed by atoms with Crippen LogP contribution in [0.25, 0.3) is 0 Å². The van der Waals surface area contributed by atoms with E-state index in [2.05, 4.69) is 12.2 Å². The Bertz CT molecular complexity index is 132. The molecule has 0 aromatic heterocycles. The van der Waals surface area contributed by atoms with Gasteiger partial charge in [0.2, 0.25) is 0 Å². The first kappa shape index (κ1) is 12.0. The predicted octanol–water partition coefficient (Wildman–Crippen LogP) is 2.72. The van der Waals surface area contributed by atoms with Gasteiger partial charge in [0.05, 0.1) is 6.10 Å². The second-order valence-corrected chi connectivity index (χ2v) is 4.36.